The Bertz CT molecular complexity index is 471. The minimum atomic E-state index is -4.28. The average molecular weight is 352 g/mol. The molecular weight excluding hydrogens is 321 g/mol. The minimum Gasteiger partial charge on any atom is -0.747 e. The van der Waals surface area contributed by atoms with E-state index in [0.717, 1.165) is 19.3 Å². The van der Waals surface area contributed by atoms with E-state index in [4.69, 9.17) is 0 Å². The second-order valence-electron chi connectivity index (χ2n) is 6.74. The van der Waals surface area contributed by atoms with Gasteiger partial charge in [-0.15, -0.1) is 0 Å². The maximum atomic E-state index is 11.4. The van der Waals surface area contributed by atoms with E-state index in [1.807, 2.05) is 19.1 Å². The normalized spacial score (nSPS) is 23.7. The van der Waals surface area contributed by atoms with Crippen molar-refractivity contribution in [3.63, 3.8) is 0 Å². The van der Waals surface area contributed by atoms with Gasteiger partial charge < -0.3 is 4.55 Å². The molecule has 0 radical (unpaired) electrons. The molecule has 1 aliphatic carbocycles. The van der Waals surface area contributed by atoms with Crippen molar-refractivity contribution in [1.29, 1.82) is 0 Å². The van der Waals surface area contributed by atoms with Crippen molar-refractivity contribution in [3.05, 3.63) is 24.3 Å². The van der Waals surface area contributed by atoms with Gasteiger partial charge in [0.05, 0.1) is 5.25 Å². The summed E-state index contributed by atoms with van der Waals surface area (Å²) in [6.45, 7) is 4.11. The first-order valence-electron chi connectivity index (χ1n) is 8.71. The van der Waals surface area contributed by atoms with Crippen LogP contribution in [-0.2, 0) is 10.1 Å². The van der Waals surface area contributed by atoms with Crippen LogP contribution in [0.3, 0.4) is 0 Å². The van der Waals surface area contributed by atoms with Crippen LogP contribution in [0.15, 0.2) is 24.3 Å². The van der Waals surface area contributed by atoms with Gasteiger partial charge in [-0.05, 0) is 6.42 Å². The van der Waals surface area contributed by atoms with Gasteiger partial charge in [0, 0.05) is 5.41 Å². The largest absolute Gasteiger partial charge is 1.00 e. The van der Waals surface area contributed by atoms with Gasteiger partial charge in [-0.1, -0.05) is 95.9 Å². The summed E-state index contributed by atoms with van der Waals surface area (Å²) in [6.07, 6.45) is 18.9. The van der Waals surface area contributed by atoms with Crippen LogP contribution < -0.4 is 29.6 Å². The summed E-state index contributed by atoms with van der Waals surface area (Å²) in [5.41, 5.74) is -0.545. The van der Waals surface area contributed by atoms with Crippen LogP contribution in [0, 0.1) is 5.41 Å². The molecule has 0 aliphatic heterocycles. The van der Waals surface area contributed by atoms with Gasteiger partial charge in [-0.3, -0.25) is 0 Å². The molecule has 0 saturated carbocycles. The molecule has 0 aromatic heterocycles. The van der Waals surface area contributed by atoms with Crippen molar-refractivity contribution >= 4 is 10.1 Å². The maximum absolute atomic E-state index is 11.4. The Hall–Kier alpha value is 0.390. The van der Waals surface area contributed by atoms with Crippen LogP contribution in [0.4, 0.5) is 0 Å². The van der Waals surface area contributed by atoms with Crippen LogP contribution >= 0.6 is 0 Å². The molecule has 5 heteroatoms. The van der Waals surface area contributed by atoms with Gasteiger partial charge in [-0.2, -0.15) is 0 Å². The van der Waals surface area contributed by atoms with Gasteiger partial charge in [-0.25, -0.2) is 8.42 Å². The van der Waals surface area contributed by atoms with Crippen LogP contribution in [0.5, 0.6) is 0 Å². The molecule has 23 heavy (non-hydrogen) atoms. The molecule has 1 aliphatic rings. The van der Waals surface area contributed by atoms with Gasteiger partial charge in [0.15, 0.2) is 0 Å². The summed E-state index contributed by atoms with van der Waals surface area (Å²) in [4.78, 5) is 0. The molecular formula is C18H31NaO3S. The van der Waals surface area contributed by atoms with Crippen molar-refractivity contribution in [2.24, 2.45) is 5.41 Å². The molecule has 128 valence electrons. The molecule has 0 aromatic rings. The fourth-order valence-electron chi connectivity index (χ4n) is 3.22. The Kier molecular flexibility index (Phi) is 12.1. The number of hydrogen-bond acceptors (Lipinski definition) is 3. The molecule has 0 amide bonds. The minimum absolute atomic E-state index is 0. The zero-order valence-electron chi connectivity index (χ0n) is 15.1. The molecule has 0 aromatic carbocycles. The zero-order chi connectivity index (χ0) is 16.5. The standard InChI is InChI=1S/C18H32O3S.Na/c1-3-4-5-6-7-8-9-10-12-15-18(2)16-13-11-14-17(18)22(19,20)21;/h11,13-14,16-17H,3-10,12,15H2,1-2H3,(H,19,20,21);/q;+1/p-1/i17+2;. The Morgan fingerprint density at radius 2 is 1.48 bits per heavy atom. The first kappa shape index (κ1) is 23.4. The summed E-state index contributed by atoms with van der Waals surface area (Å²) in [6, 6.07) is 0. The summed E-state index contributed by atoms with van der Waals surface area (Å²) < 4.78 is 34.3. The average Bonchev–Trinajstić information content (AvgIpc) is 2.44. The molecule has 3 nitrogen and oxygen atoms in total. The van der Waals surface area contributed by atoms with E-state index in [1.165, 1.54) is 51.0 Å². The Morgan fingerprint density at radius 3 is 2.00 bits per heavy atom. The third-order valence-electron chi connectivity index (χ3n) is 4.65. The molecule has 0 saturated heterocycles. The molecule has 0 N–H and O–H groups in total. The molecule has 0 spiro atoms. The first-order valence-corrected chi connectivity index (χ1v) is 10.2. The van der Waals surface area contributed by atoms with Crippen LogP contribution in [0.1, 0.15) is 78.1 Å². The van der Waals surface area contributed by atoms with Crippen molar-refractivity contribution in [2.75, 3.05) is 0 Å². The van der Waals surface area contributed by atoms with Gasteiger partial charge >= 0.3 is 29.6 Å². The fourth-order valence-corrected chi connectivity index (χ4v) is 4.36. The monoisotopic (exact) mass is 352 g/mol. The van der Waals surface area contributed by atoms with Crippen molar-refractivity contribution in [2.45, 2.75) is 83.3 Å². The Labute approximate surface area is 165 Å². The summed E-state index contributed by atoms with van der Waals surface area (Å²) in [5.74, 6) is 0. The summed E-state index contributed by atoms with van der Waals surface area (Å²) in [7, 11) is -4.28. The van der Waals surface area contributed by atoms with E-state index in [2.05, 4.69) is 6.92 Å². The van der Waals surface area contributed by atoms with E-state index in [1.54, 1.807) is 6.08 Å². The van der Waals surface area contributed by atoms with E-state index in [-0.39, 0.29) is 29.6 Å². The van der Waals surface area contributed by atoms with E-state index < -0.39 is 20.8 Å². The van der Waals surface area contributed by atoms with Crippen molar-refractivity contribution in [1.82, 2.24) is 0 Å². The number of rotatable bonds is 11. The predicted molar refractivity (Wildman–Crippen MR) is 91.7 cm³/mol. The fraction of sp³-hybridized carbons (Fsp3) is 0.778. The van der Waals surface area contributed by atoms with Gasteiger partial charge in [0.1, 0.15) is 10.1 Å². The molecule has 2 atom stereocenters. The quantitative estimate of drug-likeness (QED) is 0.324. The van der Waals surface area contributed by atoms with Crippen LogP contribution in [-0.4, -0.2) is 18.2 Å². The predicted octanol–water partition coefficient (Wildman–Crippen LogP) is 1.96. The second kappa shape index (κ2) is 11.9. The molecule has 0 bridgehead atoms. The summed E-state index contributed by atoms with van der Waals surface area (Å²) >= 11 is 0. The van der Waals surface area contributed by atoms with Crippen molar-refractivity contribution in [3.8, 4) is 0 Å². The maximum Gasteiger partial charge on any atom is 1.00 e. The van der Waals surface area contributed by atoms with Crippen molar-refractivity contribution < 1.29 is 42.5 Å². The number of hydrogen-bond donors (Lipinski definition) is 0. The van der Waals surface area contributed by atoms with E-state index in [9.17, 15) is 13.0 Å². The number of allylic oxidation sites excluding steroid dienone is 3. The van der Waals surface area contributed by atoms with E-state index >= 15 is 0 Å². The zero-order valence-corrected chi connectivity index (χ0v) is 17.9. The second-order valence-corrected chi connectivity index (χ2v) is 8.24. The summed E-state index contributed by atoms with van der Waals surface area (Å²) in [5, 5.41) is -0.918. The van der Waals surface area contributed by atoms with E-state index in [0.29, 0.717) is 0 Å². The number of unbranched alkanes of at least 4 members (excludes halogenated alkanes) is 8. The molecule has 1 rings (SSSR count). The third-order valence-corrected chi connectivity index (χ3v) is 5.97. The van der Waals surface area contributed by atoms with Crippen LogP contribution in [0.2, 0.25) is 0 Å². The first-order chi connectivity index (χ1) is 10.4. The molecule has 0 fully saturated rings. The topological polar surface area (TPSA) is 57.2 Å². The van der Waals surface area contributed by atoms with Gasteiger partial charge in [0.25, 0.3) is 0 Å². The SMILES string of the molecule is CCCCCCCCCCCC1(C)C=CC=C[14CH]1S(=O)(=O)[O-].[Na+]. The van der Waals surface area contributed by atoms with Gasteiger partial charge in [0.2, 0.25) is 0 Å². The van der Waals surface area contributed by atoms with Crippen LogP contribution in [0.25, 0.3) is 0 Å². The smallest absolute Gasteiger partial charge is 0.747 e. The molecule has 0 heterocycles. The third kappa shape index (κ3) is 8.87. The Balaban J connectivity index is 0.00000484. The molecule has 2 unspecified atom stereocenters. The Morgan fingerprint density at radius 1 is 0.957 bits per heavy atom.